The molecule has 1 aromatic rings. The van der Waals surface area contributed by atoms with E-state index in [4.69, 9.17) is 0 Å². The Kier molecular flexibility index (Phi) is 4.03. The van der Waals surface area contributed by atoms with Gasteiger partial charge in [-0.3, -0.25) is 9.78 Å². The molecule has 94 valence electrons. The molecule has 0 aliphatic rings. The Morgan fingerprint density at radius 3 is 2.71 bits per heavy atom. The van der Waals surface area contributed by atoms with Crippen LogP contribution in [0.1, 0.15) is 23.7 Å². The summed E-state index contributed by atoms with van der Waals surface area (Å²) < 4.78 is 49.1. The molecule has 1 heterocycles. The van der Waals surface area contributed by atoms with Crippen molar-refractivity contribution in [1.29, 1.82) is 0 Å². The fourth-order valence-corrected chi connectivity index (χ4v) is 1.26. The predicted octanol–water partition coefficient (Wildman–Crippen LogP) is 2.29. The largest absolute Gasteiger partial charge is 0.391 e. The molecule has 1 amide bonds. The van der Waals surface area contributed by atoms with Gasteiger partial charge in [0, 0.05) is 12.2 Å². The van der Waals surface area contributed by atoms with E-state index in [1.54, 1.807) is 0 Å². The number of hydrogen-bond acceptors (Lipinski definition) is 2. The molecule has 1 N–H and O–H groups in total. The second kappa shape index (κ2) is 5.11. The Labute approximate surface area is 94.8 Å². The quantitative estimate of drug-likeness (QED) is 0.836. The highest BCUT2D eigenvalue weighted by atomic mass is 19.4. The van der Waals surface area contributed by atoms with Crippen molar-refractivity contribution in [3.05, 3.63) is 29.8 Å². The van der Waals surface area contributed by atoms with Crippen LogP contribution in [0, 0.1) is 5.82 Å². The van der Waals surface area contributed by atoms with Crippen molar-refractivity contribution in [2.45, 2.75) is 25.6 Å². The van der Waals surface area contributed by atoms with E-state index in [9.17, 15) is 22.4 Å². The number of rotatable bonds is 3. The van der Waals surface area contributed by atoms with Crippen molar-refractivity contribution >= 4 is 5.91 Å². The first-order chi connectivity index (χ1) is 7.79. The minimum absolute atomic E-state index is 0.325. The third-order valence-electron chi connectivity index (χ3n) is 1.93. The monoisotopic (exact) mass is 250 g/mol. The van der Waals surface area contributed by atoms with E-state index in [0.717, 1.165) is 12.3 Å². The molecule has 1 aromatic heterocycles. The number of pyridine rings is 1. The van der Waals surface area contributed by atoms with Crippen LogP contribution in [0.25, 0.3) is 0 Å². The fraction of sp³-hybridized carbons (Fsp3) is 0.400. The summed E-state index contributed by atoms with van der Waals surface area (Å²) in [7, 11) is 0. The van der Waals surface area contributed by atoms with Gasteiger partial charge < -0.3 is 5.32 Å². The van der Waals surface area contributed by atoms with Crippen molar-refractivity contribution < 1.29 is 22.4 Å². The van der Waals surface area contributed by atoms with Gasteiger partial charge in [-0.25, -0.2) is 4.39 Å². The third-order valence-corrected chi connectivity index (χ3v) is 1.93. The second-order valence-corrected chi connectivity index (χ2v) is 3.55. The van der Waals surface area contributed by atoms with Crippen molar-refractivity contribution in [2.24, 2.45) is 0 Å². The Balaban J connectivity index is 2.64. The van der Waals surface area contributed by atoms with Crippen LogP contribution in [0.4, 0.5) is 17.6 Å². The summed E-state index contributed by atoms with van der Waals surface area (Å²) in [5.74, 6) is -1.76. The first-order valence-corrected chi connectivity index (χ1v) is 4.76. The van der Waals surface area contributed by atoms with Gasteiger partial charge in [-0.05, 0) is 13.0 Å². The molecule has 3 nitrogen and oxygen atoms in total. The molecule has 1 unspecified atom stereocenters. The summed E-state index contributed by atoms with van der Waals surface area (Å²) in [5, 5.41) is 2.07. The van der Waals surface area contributed by atoms with E-state index in [2.05, 4.69) is 10.3 Å². The summed E-state index contributed by atoms with van der Waals surface area (Å²) in [6.45, 7) is 1.20. The lowest BCUT2D eigenvalue weighted by molar-refractivity contribution is -0.138. The molecule has 0 fully saturated rings. The minimum atomic E-state index is -4.37. The molecule has 0 aromatic carbocycles. The SMILES string of the molecule is CC(CC(F)(F)F)NC(=O)c1ccncc1F. The molecule has 17 heavy (non-hydrogen) atoms. The maximum atomic E-state index is 13.1. The summed E-state index contributed by atoms with van der Waals surface area (Å²) in [4.78, 5) is 14.8. The highest BCUT2D eigenvalue weighted by molar-refractivity contribution is 5.94. The number of alkyl halides is 3. The average molecular weight is 250 g/mol. The molecule has 0 aliphatic carbocycles. The van der Waals surface area contributed by atoms with Crippen LogP contribution in [0.2, 0.25) is 0 Å². The van der Waals surface area contributed by atoms with Crippen LogP contribution in [0.15, 0.2) is 18.5 Å². The van der Waals surface area contributed by atoms with Gasteiger partial charge in [0.15, 0.2) is 5.82 Å². The van der Waals surface area contributed by atoms with E-state index >= 15 is 0 Å². The van der Waals surface area contributed by atoms with E-state index in [1.165, 1.54) is 13.1 Å². The molecule has 1 rings (SSSR count). The Morgan fingerprint density at radius 1 is 1.53 bits per heavy atom. The summed E-state index contributed by atoms with van der Waals surface area (Å²) in [5.41, 5.74) is -0.325. The van der Waals surface area contributed by atoms with Crippen LogP contribution in [0.3, 0.4) is 0 Å². The lowest BCUT2D eigenvalue weighted by Gasteiger charge is -2.15. The van der Waals surface area contributed by atoms with Crippen LogP contribution in [0.5, 0.6) is 0 Å². The normalized spacial score (nSPS) is 13.2. The molecule has 0 aliphatic heterocycles. The first-order valence-electron chi connectivity index (χ1n) is 4.76. The van der Waals surface area contributed by atoms with Crippen molar-refractivity contribution in [3.63, 3.8) is 0 Å². The molecule has 0 bridgehead atoms. The number of aromatic nitrogens is 1. The van der Waals surface area contributed by atoms with E-state index in [1.807, 2.05) is 0 Å². The number of amides is 1. The number of nitrogens with zero attached hydrogens (tertiary/aromatic N) is 1. The number of carbonyl (C=O) groups excluding carboxylic acids is 1. The second-order valence-electron chi connectivity index (χ2n) is 3.55. The summed E-state index contributed by atoms with van der Waals surface area (Å²) >= 11 is 0. The Bertz CT molecular complexity index is 406. The molecule has 7 heteroatoms. The zero-order valence-electron chi connectivity index (χ0n) is 8.88. The van der Waals surface area contributed by atoms with Crippen molar-refractivity contribution in [1.82, 2.24) is 10.3 Å². The van der Waals surface area contributed by atoms with Crippen LogP contribution in [-0.2, 0) is 0 Å². The molecular weight excluding hydrogens is 240 g/mol. The lowest BCUT2D eigenvalue weighted by Crippen LogP contribution is -2.36. The molecule has 0 saturated heterocycles. The van der Waals surface area contributed by atoms with E-state index in [0.29, 0.717) is 0 Å². The van der Waals surface area contributed by atoms with Crippen LogP contribution >= 0.6 is 0 Å². The molecule has 0 radical (unpaired) electrons. The Morgan fingerprint density at radius 2 is 2.18 bits per heavy atom. The highest BCUT2D eigenvalue weighted by Gasteiger charge is 2.30. The van der Waals surface area contributed by atoms with Crippen LogP contribution in [-0.4, -0.2) is 23.1 Å². The maximum Gasteiger partial charge on any atom is 0.391 e. The summed E-state index contributed by atoms with van der Waals surface area (Å²) in [6, 6.07) is -0.0135. The molecular formula is C10H10F4N2O. The van der Waals surface area contributed by atoms with Crippen molar-refractivity contribution in [2.75, 3.05) is 0 Å². The van der Waals surface area contributed by atoms with Gasteiger partial charge in [0.1, 0.15) is 0 Å². The number of nitrogens with one attached hydrogen (secondary N) is 1. The third kappa shape index (κ3) is 4.38. The topological polar surface area (TPSA) is 42.0 Å². The van der Waals surface area contributed by atoms with Gasteiger partial charge >= 0.3 is 6.18 Å². The highest BCUT2D eigenvalue weighted by Crippen LogP contribution is 2.21. The fourth-order valence-electron chi connectivity index (χ4n) is 1.26. The molecule has 1 atom stereocenters. The van der Waals surface area contributed by atoms with E-state index in [-0.39, 0.29) is 5.56 Å². The van der Waals surface area contributed by atoms with Gasteiger partial charge in [-0.1, -0.05) is 0 Å². The van der Waals surface area contributed by atoms with Gasteiger partial charge in [0.2, 0.25) is 0 Å². The minimum Gasteiger partial charge on any atom is -0.349 e. The standard InChI is InChI=1S/C10H10F4N2O/c1-6(4-10(12,13)14)16-9(17)7-2-3-15-5-8(7)11/h2-3,5-6H,4H2,1H3,(H,16,17). The Hall–Kier alpha value is -1.66. The van der Waals surface area contributed by atoms with Crippen LogP contribution < -0.4 is 5.32 Å². The molecule has 0 saturated carbocycles. The van der Waals surface area contributed by atoms with Gasteiger partial charge in [0.05, 0.1) is 18.2 Å². The number of halogens is 4. The smallest absolute Gasteiger partial charge is 0.349 e. The maximum absolute atomic E-state index is 13.1. The summed E-state index contributed by atoms with van der Waals surface area (Å²) in [6.07, 6.45) is -3.52. The first kappa shape index (κ1) is 13.4. The lowest BCUT2D eigenvalue weighted by atomic mass is 10.2. The zero-order chi connectivity index (χ0) is 13.1. The predicted molar refractivity (Wildman–Crippen MR) is 51.8 cm³/mol. The molecule has 0 spiro atoms. The zero-order valence-corrected chi connectivity index (χ0v) is 8.88. The van der Waals surface area contributed by atoms with Gasteiger partial charge in [0.25, 0.3) is 5.91 Å². The van der Waals surface area contributed by atoms with E-state index < -0.39 is 30.4 Å². The van der Waals surface area contributed by atoms with Gasteiger partial charge in [-0.15, -0.1) is 0 Å². The average Bonchev–Trinajstić information content (AvgIpc) is 2.14. The number of hydrogen-bond donors (Lipinski definition) is 1. The number of carbonyl (C=O) groups is 1. The van der Waals surface area contributed by atoms with Gasteiger partial charge in [-0.2, -0.15) is 13.2 Å². The van der Waals surface area contributed by atoms with Crippen molar-refractivity contribution in [3.8, 4) is 0 Å².